The third kappa shape index (κ3) is 4.02. The SMILES string of the molecule is Cc1nc(/C=C/C(=O)Nc2cccc(-c3ccc(=O)[nH]n3)c2)cs1. The molecule has 0 aliphatic heterocycles. The highest BCUT2D eigenvalue weighted by atomic mass is 32.1. The molecule has 7 heteroatoms. The molecular formula is C17H14N4O2S. The molecule has 6 nitrogen and oxygen atoms in total. The summed E-state index contributed by atoms with van der Waals surface area (Å²) in [6, 6.07) is 10.3. The van der Waals surface area contributed by atoms with E-state index in [0.717, 1.165) is 16.3 Å². The molecule has 3 rings (SSSR count). The molecule has 0 aliphatic rings. The minimum atomic E-state index is -0.259. The highest BCUT2D eigenvalue weighted by Gasteiger charge is 2.03. The number of rotatable bonds is 4. The lowest BCUT2D eigenvalue weighted by atomic mass is 10.1. The van der Waals surface area contributed by atoms with Gasteiger partial charge in [0, 0.05) is 28.8 Å². The van der Waals surface area contributed by atoms with Crippen LogP contribution in [0.15, 0.2) is 52.6 Å². The van der Waals surface area contributed by atoms with Crippen LogP contribution < -0.4 is 10.9 Å². The van der Waals surface area contributed by atoms with E-state index in [4.69, 9.17) is 0 Å². The number of hydrogen-bond donors (Lipinski definition) is 2. The summed E-state index contributed by atoms with van der Waals surface area (Å²) in [5, 5.41) is 12.0. The van der Waals surface area contributed by atoms with Crippen molar-refractivity contribution in [2.75, 3.05) is 5.32 Å². The van der Waals surface area contributed by atoms with Crippen molar-refractivity contribution in [2.45, 2.75) is 6.92 Å². The van der Waals surface area contributed by atoms with E-state index < -0.39 is 0 Å². The van der Waals surface area contributed by atoms with Crippen LogP contribution in [0.4, 0.5) is 5.69 Å². The summed E-state index contributed by atoms with van der Waals surface area (Å²) in [7, 11) is 0. The average Bonchev–Trinajstić information content (AvgIpc) is 2.99. The van der Waals surface area contributed by atoms with Crippen molar-refractivity contribution < 1.29 is 4.79 Å². The molecule has 0 atom stereocenters. The number of thiazole rings is 1. The highest BCUT2D eigenvalue weighted by molar-refractivity contribution is 7.09. The van der Waals surface area contributed by atoms with Crippen LogP contribution in [0.1, 0.15) is 10.7 Å². The fourth-order valence-electron chi connectivity index (χ4n) is 2.06. The van der Waals surface area contributed by atoms with Crippen molar-refractivity contribution in [1.82, 2.24) is 15.2 Å². The van der Waals surface area contributed by atoms with Crippen LogP contribution in [0.5, 0.6) is 0 Å². The fraction of sp³-hybridized carbons (Fsp3) is 0.0588. The van der Waals surface area contributed by atoms with Crippen molar-refractivity contribution in [3.8, 4) is 11.3 Å². The number of carbonyl (C=O) groups is 1. The van der Waals surface area contributed by atoms with E-state index in [9.17, 15) is 9.59 Å². The zero-order valence-electron chi connectivity index (χ0n) is 12.8. The van der Waals surface area contributed by atoms with Gasteiger partial charge in [-0.1, -0.05) is 12.1 Å². The first kappa shape index (κ1) is 15.8. The summed E-state index contributed by atoms with van der Waals surface area (Å²) in [5.74, 6) is -0.243. The summed E-state index contributed by atoms with van der Waals surface area (Å²) in [6.07, 6.45) is 3.12. The Labute approximate surface area is 141 Å². The zero-order valence-corrected chi connectivity index (χ0v) is 13.6. The second kappa shape index (κ2) is 7.01. The van der Waals surface area contributed by atoms with Gasteiger partial charge in [-0.15, -0.1) is 11.3 Å². The van der Waals surface area contributed by atoms with E-state index in [2.05, 4.69) is 20.5 Å². The zero-order chi connectivity index (χ0) is 16.9. The molecule has 24 heavy (non-hydrogen) atoms. The van der Waals surface area contributed by atoms with Gasteiger partial charge in [-0.05, 0) is 31.2 Å². The number of H-pyrrole nitrogens is 1. The Morgan fingerprint density at radius 3 is 2.88 bits per heavy atom. The molecule has 0 bridgehead atoms. The van der Waals surface area contributed by atoms with Crippen molar-refractivity contribution in [3.05, 3.63) is 68.9 Å². The normalized spacial score (nSPS) is 10.9. The Kier molecular flexibility index (Phi) is 4.62. The minimum absolute atomic E-state index is 0.243. The van der Waals surface area contributed by atoms with Gasteiger partial charge in [0.2, 0.25) is 5.91 Å². The molecule has 2 N–H and O–H groups in total. The number of anilines is 1. The average molecular weight is 338 g/mol. The quantitative estimate of drug-likeness (QED) is 0.716. The second-order valence-corrected chi connectivity index (χ2v) is 6.06. The van der Waals surface area contributed by atoms with Crippen LogP contribution in [0.3, 0.4) is 0 Å². The molecule has 0 saturated carbocycles. The van der Waals surface area contributed by atoms with Crippen molar-refractivity contribution in [1.29, 1.82) is 0 Å². The molecule has 2 aromatic heterocycles. The minimum Gasteiger partial charge on any atom is -0.322 e. The van der Waals surface area contributed by atoms with Crippen molar-refractivity contribution >= 4 is 29.0 Å². The van der Waals surface area contributed by atoms with Gasteiger partial charge in [0.05, 0.1) is 16.4 Å². The van der Waals surface area contributed by atoms with Crippen LogP contribution in [0.25, 0.3) is 17.3 Å². The molecular weight excluding hydrogens is 324 g/mol. The molecule has 0 radical (unpaired) electrons. The van der Waals surface area contributed by atoms with E-state index in [-0.39, 0.29) is 11.5 Å². The molecule has 0 saturated heterocycles. The Balaban J connectivity index is 1.72. The smallest absolute Gasteiger partial charge is 0.264 e. The number of aromatic nitrogens is 3. The van der Waals surface area contributed by atoms with Crippen LogP contribution in [0.2, 0.25) is 0 Å². The van der Waals surface area contributed by atoms with Crippen LogP contribution in [-0.4, -0.2) is 21.1 Å². The van der Waals surface area contributed by atoms with E-state index in [1.165, 1.54) is 23.5 Å². The first-order valence-corrected chi connectivity index (χ1v) is 8.05. The highest BCUT2D eigenvalue weighted by Crippen LogP contribution is 2.19. The summed E-state index contributed by atoms with van der Waals surface area (Å²) in [5.41, 5.74) is 2.57. The lowest BCUT2D eigenvalue weighted by molar-refractivity contribution is -0.111. The number of aromatic amines is 1. The number of hydrogen-bond acceptors (Lipinski definition) is 5. The number of nitrogens with one attached hydrogen (secondary N) is 2. The summed E-state index contributed by atoms with van der Waals surface area (Å²) in [4.78, 5) is 27.3. The molecule has 2 heterocycles. The monoisotopic (exact) mass is 338 g/mol. The molecule has 1 aromatic carbocycles. The maximum atomic E-state index is 12.0. The summed E-state index contributed by atoms with van der Waals surface area (Å²) in [6.45, 7) is 1.92. The van der Waals surface area contributed by atoms with Crippen molar-refractivity contribution in [2.24, 2.45) is 0 Å². The Morgan fingerprint density at radius 2 is 2.17 bits per heavy atom. The van der Waals surface area contributed by atoms with Gasteiger partial charge in [0.25, 0.3) is 5.56 Å². The Hall–Kier alpha value is -3.06. The topological polar surface area (TPSA) is 87.7 Å². The lowest BCUT2D eigenvalue weighted by Gasteiger charge is -2.05. The van der Waals surface area contributed by atoms with Gasteiger partial charge in [-0.2, -0.15) is 5.10 Å². The lowest BCUT2D eigenvalue weighted by Crippen LogP contribution is -2.08. The molecule has 0 spiro atoms. The fourth-order valence-corrected chi connectivity index (χ4v) is 2.64. The largest absolute Gasteiger partial charge is 0.322 e. The second-order valence-electron chi connectivity index (χ2n) is 5.00. The third-order valence-corrected chi connectivity index (χ3v) is 3.94. The van der Waals surface area contributed by atoms with Gasteiger partial charge in [0.1, 0.15) is 0 Å². The van der Waals surface area contributed by atoms with Gasteiger partial charge in [0.15, 0.2) is 0 Å². The predicted molar refractivity (Wildman–Crippen MR) is 94.8 cm³/mol. The van der Waals surface area contributed by atoms with Gasteiger partial charge < -0.3 is 5.32 Å². The summed E-state index contributed by atoms with van der Waals surface area (Å²) >= 11 is 1.53. The maximum Gasteiger partial charge on any atom is 0.264 e. The molecule has 0 aliphatic carbocycles. The molecule has 1 amide bonds. The van der Waals surface area contributed by atoms with Crippen LogP contribution in [0, 0.1) is 6.92 Å². The maximum absolute atomic E-state index is 12.0. The molecule has 120 valence electrons. The number of benzene rings is 1. The Morgan fingerprint density at radius 1 is 1.29 bits per heavy atom. The van der Waals surface area contributed by atoms with Crippen LogP contribution in [-0.2, 0) is 4.79 Å². The molecule has 3 aromatic rings. The first-order chi connectivity index (χ1) is 11.6. The van der Waals surface area contributed by atoms with Gasteiger partial charge in [-0.25, -0.2) is 10.1 Å². The van der Waals surface area contributed by atoms with E-state index in [0.29, 0.717) is 11.4 Å². The molecule has 0 unspecified atom stereocenters. The van der Waals surface area contributed by atoms with Gasteiger partial charge in [-0.3, -0.25) is 9.59 Å². The first-order valence-electron chi connectivity index (χ1n) is 7.17. The van der Waals surface area contributed by atoms with E-state index in [1.54, 1.807) is 24.3 Å². The number of aryl methyl sites for hydroxylation is 1. The van der Waals surface area contributed by atoms with E-state index in [1.807, 2.05) is 24.4 Å². The van der Waals surface area contributed by atoms with E-state index >= 15 is 0 Å². The molecule has 0 fully saturated rings. The standard InChI is InChI=1S/C17H14N4O2S/c1-11-18-14(10-24-11)5-7-16(22)19-13-4-2-3-12(9-13)15-6-8-17(23)21-20-15/h2-10H,1H3,(H,19,22)(H,21,23)/b7-5+. The number of nitrogens with zero attached hydrogens (tertiary/aromatic N) is 2. The van der Waals surface area contributed by atoms with Gasteiger partial charge >= 0.3 is 0 Å². The van der Waals surface area contributed by atoms with Crippen molar-refractivity contribution in [3.63, 3.8) is 0 Å². The number of carbonyl (C=O) groups excluding carboxylic acids is 1. The third-order valence-electron chi connectivity index (χ3n) is 3.15. The predicted octanol–water partition coefficient (Wildman–Crippen LogP) is 2.85. The Bertz CT molecular complexity index is 938. The summed E-state index contributed by atoms with van der Waals surface area (Å²) < 4.78 is 0. The number of amides is 1. The van der Waals surface area contributed by atoms with Crippen LogP contribution >= 0.6 is 11.3 Å².